The molecule has 3 nitrogen and oxygen atoms in total. The van der Waals surface area contributed by atoms with Crippen molar-refractivity contribution in [3.8, 4) is 0 Å². The molecule has 0 saturated carbocycles. The summed E-state index contributed by atoms with van der Waals surface area (Å²) < 4.78 is 5.34. The van der Waals surface area contributed by atoms with E-state index in [0.717, 1.165) is 38.4 Å². The Labute approximate surface area is 92.2 Å². The molecular weight excluding hydrogens is 188 g/mol. The van der Waals surface area contributed by atoms with Gasteiger partial charge in [0.1, 0.15) is 5.76 Å². The van der Waals surface area contributed by atoms with Crippen molar-refractivity contribution in [3.05, 3.63) is 24.2 Å². The van der Waals surface area contributed by atoms with Gasteiger partial charge >= 0.3 is 0 Å². The van der Waals surface area contributed by atoms with E-state index in [-0.39, 0.29) is 0 Å². The van der Waals surface area contributed by atoms with Gasteiger partial charge in [0.05, 0.1) is 12.8 Å². The summed E-state index contributed by atoms with van der Waals surface area (Å²) in [4.78, 5) is 2.39. The summed E-state index contributed by atoms with van der Waals surface area (Å²) in [7, 11) is 0. The maximum Gasteiger partial charge on any atom is 0.117 e. The third-order valence-electron chi connectivity index (χ3n) is 2.64. The van der Waals surface area contributed by atoms with E-state index < -0.39 is 0 Å². The van der Waals surface area contributed by atoms with Gasteiger partial charge in [-0.05, 0) is 37.6 Å². The Morgan fingerprint density at radius 1 is 1.53 bits per heavy atom. The lowest BCUT2D eigenvalue weighted by Gasteiger charge is -2.22. The van der Waals surface area contributed by atoms with E-state index >= 15 is 0 Å². The molecule has 0 aliphatic rings. The molecule has 2 N–H and O–H groups in total. The lowest BCUT2D eigenvalue weighted by atomic mass is 10.1. The molecule has 0 amide bonds. The number of nitrogens with zero attached hydrogens (tertiary/aromatic N) is 1. The van der Waals surface area contributed by atoms with Crippen molar-refractivity contribution in [2.24, 2.45) is 11.7 Å². The first-order chi connectivity index (χ1) is 7.26. The lowest BCUT2D eigenvalue weighted by molar-refractivity contribution is 0.219. The van der Waals surface area contributed by atoms with Crippen LogP contribution in [0.5, 0.6) is 0 Å². The van der Waals surface area contributed by atoms with Gasteiger partial charge in [-0.15, -0.1) is 0 Å². The molecule has 3 heteroatoms. The molecule has 1 unspecified atom stereocenters. The zero-order valence-corrected chi connectivity index (χ0v) is 9.78. The second kappa shape index (κ2) is 6.64. The highest BCUT2D eigenvalue weighted by Gasteiger charge is 2.09. The summed E-state index contributed by atoms with van der Waals surface area (Å²) in [5, 5.41) is 0. The van der Waals surface area contributed by atoms with E-state index in [1.165, 1.54) is 0 Å². The molecule has 1 aromatic heterocycles. The highest BCUT2D eigenvalue weighted by molar-refractivity contribution is 4.97. The van der Waals surface area contributed by atoms with Crippen LogP contribution in [0, 0.1) is 5.92 Å². The van der Waals surface area contributed by atoms with Gasteiger partial charge in [-0.25, -0.2) is 0 Å². The predicted molar refractivity (Wildman–Crippen MR) is 62.5 cm³/mol. The van der Waals surface area contributed by atoms with Crippen LogP contribution >= 0.6 is 0 Å². The van der Waals surface area contributed by atoms with Gasteiger partial charge in [-0.3, -0.25) is 4.90 Å². The molecule has 0 fully saturated rings. The van der Waals surface area contributed by atoms with E-state index in [9.17, 15) is 0 Å². The molecule has 0 aromatic carbocycles. The van der Waals surface area contributed by atoms with Gasteiger partial charge in [-0.2, -0.15) is 0 Å². The minimum atomic E-state index is 0.657. The quantitative estimate of drug-likeness (QED) is 0.749. The van der Waals surface area contributed by atoms with Crippen LogP contribution in [-0.4, -0.2) is 24.5 Å². The molecule has 0 aliphatic carbocycles. The smallest absolute Gasteiger partial charge is 0.117 e. The average molecular weight is 210 g/mol. The number of rotatable bonds is 7. The first kappa shape index (κ1) is 12.3. The number of nitrogens with two attached hydrogens (primary N) is 1. The van der Waals surface area contributed by atoms with Gasteiger partial charge in [0.25, 0.3) is 0 Å². The van der Waals surface area contributed by atoms with E-state index in [1.807, 2.05) is 12.1 Å². The van der Waals surface area contributed by atoms with Crippen LogP contribution < -0.4 is 5.73 Å². The standard InChI is InChI=1S/C12H22N2O/c1-3-14(9-11(2)6-7-13)10-12-5-4-8-15-12/h4-5,8,11H,3,6-7,9-10,13H2,1-2H3. The molecule has 1 aromatic rings. The highest BCUT2D eigenvalue weighted by Crippen LogP contribution is 2.09. The fraction of sp³-hybridized carbons (Fsp3) is 0.667. The summed E-state index contributed by atoms with van der Waals surface area (Å²) in [6, 6.07) is 3.96. The lowest BCUT2D eigenvalue weighted by Crippen LogP contribution is -2.28. The minimum Gasteiger partial charge on any atom is -0.468 e. The van der Waals surface area contributed by atoms with Crippen molar-refractivity contribution in [1.82, 2.24) is 4.90 Å². The topological polar surface area (TPSA) is 42.4 Å². The van der Waals surface area contributed by atoms with E-state index in [2.05, 4.69) is 18.7 Å². The van der Waals surface area contributed by atoms with Gasteiger partial charge in [-0.1, -0.05) is 13.8 Å². The summed E-state index contributed by atoms with van der Waals surface area (Å²) in [5.74, 6) is 1.70. The molecule has 1 rings (SSSR count). The van der Waals surface area contributed by atoms with Crippen molar-refractivity contribution in [2.45, 2.75) is 26.8 Å². The second-order valence-corrected chi connectivity index (χ2v) is 4.09. The van der Waals surface area contributed by atoms with Crippen LogP contribution in [0.25, 0.3) is 0 Å². The Kier molecular flexibility index (Phi) is 5.43. The number of hydrogen-bond donors (Lipinski definition) is 1. The summed E-state index contributed by atoms with van der Waals surface area (Å²) in [6.45, 7) is 8.25. The normalized spacial score (nSPS) is 13.3. The van der Waals surface area contributed by atoms with Crippen LogP contribution in [-0.2, 0) is 6.54 Å². The maximum absolute atomic E-state index is 5.55. The molecule has 86 valence electrons. The van der Waals surface area contributed by atoms with Crippen molar-refractivity contribution in [3.63, 3.8) is 0 Å². The molecule has 1 heterocycles. The monoisotopic (exact) mass is 210 g/mol. The van der Waals surface area contributed by atoms with Gasteiger partial charge in [0.2, 0.25) is 0 Å². The first-order valence-corrected chi connectivity index (χ1v) is 5.71. The Bertz CT molecular complexity index is 246. The summed E-state index contributed by atoms with van der Waals surface area (Å²) in [5.41, 5.74) is 5.55. The third-order valence-corrected chi connectivity index (χ3v) is 2.64. The Morgan fingerprint density at radius 2 is 2.33 bits per heavy atom. The predicted octanol–water partition coefficient (Wildman–Crippen LogP) is 2.09. The molecule has 15 heavy (non-hydrogen) atoms. The number of hydrogen-bond acceptors (Lipinski definition) is 3. The molecule has 1 atom stereocenters. The van der Waals surface area contributed by atoms with Crippen LogP contribution in [0.1, 0.15) is 26.0 Å². The van der Waals surface area contributed by atoms with Gasteiger partial charge < -0.3 is 10.2 Å². The first-order valence-electron chi connectivity index (χ1n) is 5.71. The van der Waals surface area contributed by atoms with Crippen molar-refractivity contribution in [2.75, 3.05) is 19.6 Å². The summed E-state index contributed by atoms with van der Waals surface area (Å²) >= 11 is 0. The number of furan rings is 1. The maximum atomic E-state index is 5.55. The third kappa shape index (κ3) is 4.49. The minimum absolute atomic E-state index is 0.657. The Morgan fingerprint density at radius 3 is 2.87 bits per heavy atom. The van der Waals surface area contributed by atoms with Gasteiger partial charge in [0.15, 0.2) is 0 Å². The van der Waals surface area contributed by atoms with E-state index in [4.69, 9.17) is 10.2 Å². The molecule has 0 aliphatic heterocycles. The molecule has 0 radical (unpaired) electrons. The molecule has 0 spiro atoms. The van der Waals surface area contributed by atoms with Crippen molar-refractivity contribution in [1.29, 1.82) is 0 Å². The van der Waals surface area contributed by atoms with Crippen LogP contribution in [0.4, 0.5) is 0 Å². The van der Waals surface area contributed by atoms with Crippen molar-refractivity contribution >= 4 is 0 Å². The second-order valence-electron chi connectivity index (χ2n) is 4.09. The van der Waals surface area contributed by atoms with Crippen LogP contribution in [0.3, 0.4) is 0 Å². The zero-order valence-electron chi connectivity index (χ0n) is 9.78. The SMILES string of the molecule is CCN(Cc1ccco1)CC(C)CCN. The van der Waals surface area contributed by atoms with E-state index in [1.54, 1.807) is 6.26 Å². The molecule has 0 bridgehead atoms. The Hall–Kier alpha value is -0.800. The molecular formula is C12H22N2O. The largest absolute Gasteiger partial charge is 0.468 e. The summed E-state index contributed by atoms with van der Waals surface area (Å²) in [6.07, 6.45) is 2.82. The fourth-order valence-corrected chi connectivity index (χ4v) is 1.74. The van der Waals surface area contributed by atoms with Crippen LogP contribution in [0.2, 0.25) is 0 Å². The Balaban J connectivity index is 2.35. The fourth-order valence-electron chi connectivity index (χ4n) is 1.74. The highest BCUT2D eigenvalue weighted by atomic mass is 16.3. The zero-order chi connectivity index (χ0) is 11.1. The van der Waals surface area contributed by atoms with Crippen molar-refractivity contribution < 1.29 is 4.42 Å². The van der Waals surface area contributed by atoms with Crippen LogP contribution in [0.15, 0.2) is 22.8 Å². The van der Waals surface area contributed by atoms with E-state index in [0.29, 0.717) is 5.92 Å². The van der Waals surface area contributed by atoms with Gasteiger partial charge in [0, 0.05) is 6.54 Å². The average Bonchev–Trinajstić information content (AvgIpc) is 2.70. The molecule has 0 saturated heterocycles.